The van der Waals surface area contributed by atoms with E-state index in [2.05, 4.69) is 46.8 Å². The lowest BCUT2D eigenvalue weighted by atomic mass is 9.69. The molecule has 0 aromatic heterocycles. The largest absolute Gasteiger partial charge is 0.295 e. The summed E-state index contributed by atoms with van der Waals surface area (Å²) in [7, 11) is 0. The number of nitrogens with zero attached hydrogens (tertiary/aromatic N) is 1. The van der Waals surface area contributed by atoms with Gasteiger partial charge in [-0.25, -0.2) is 4.90 Å². The summed E-state index contributed by atoms with van der Waals surface area (Å²) < 4.78 is 0. The summed E-state index contributed by atoms with van der Waals surface area (Å²) in [4.78, 5) is 41.3. The third kappa shape index (κ3) is 5.47. The van der Waals surface area contributed by atoms with Crippen molar-refractivity contribution in [3.63, 3.8) is 0 Å². The smallest absolute Gasteiger partial charge is 0.238 e. The van der Waals surface area contributed by atoms with E-state index in [4.69, 9.17) is 0 Å². The Balaban J connectivity index is 1.69. The van der Waals surface area contributed by atoms with Gasteiger partial charge in [0.1, 0.15) is 0 Å². The zero-order valence-corrected chi connectivity index (χ0v) is 21.6. The van der Waals surface area contributed by atoms with Crippen LogP contribution in [0.2, 0.25) is 0 Å². The summed E-state index contributed by atoms with van der Waals surface area (Å²) in [5, 5.41) is 0. The molecule has 1 heterocycles. The van der Waals surface area contributed by atoms with Crippen LogP contribution in [0, 0.1) is 17.3 Å². The zero-order chi connectivity index (χ0) is 25.4. The number of rotatable bonds is 6. The van der Waals surface area contributed by atoms with Gasteiger partial charge in [-0.05, 0) is 59.3 Å². The van der Waals surface area contributed by atoms with E-state index in [-0.39, 0.29) is 40.8 Å². The number of anilines is 1. The Bertz CT molecular complexity index is 1150. The number of carbonyl (C=O) groups is 3. The van der Waals surface area contributed by atoms with Crippen LogP contribution < -0.4 is 4.90 Å². The first-order valence-corrected chi connectivity index (χ1v) is 12.7. The molecule has 1 fully saturated rings. The van der Waals surface area contributed by atoms with Gasteiger partial charge in [0.05, 0.1) is 11.6 Å². The maximum Gasteiger partial charge on any atom is 0.238 e. The van der Waals surface area contributed by atoms with Crippen molar-refractivity contribution in [3.8, 4) is 0 Å². The molecule has 1 saturated heterocycles. The van der Waals surface area contributed by atoms with Crippen LogP contribution in [0.25, 0.3) is 0 Å². The third-order valence-corrected chi connectivity index (χ3v) is 7.37. The molecule has 0 radical (unpaired) electrons. The summed E-state index contributed by atoms with van der Waals surface area (Å²) in [6, 6.07) is 17.9. The quantitative estimate of drug-likeness (QED) is 0.456. The number of aryl methyl sites for hydroxylation is 1. The van der Waals surface area contributed by atoms with E-state index in [1.165, 1.54) is 10.5 Å². The van der Waals surface area contributed by atoms with E-state index in [1.807, 2.05) is 42.5 Å². The molecule has 2 aromatic rings. The Morgan fingerprint density at radius 2 is 1.60 bits per heavy atom. The number of allylic oxidation sites excluding steroid dienone is 2. The fourth-order valence-corrected chi connectivity index (χ4v) is 5.77. The van der Waals surface area contributed by atoms with Gasteiger partial charge in [-0.1, -0.05) is 88.7 Å². The van der Waals surface area contributed by atoms with E-state index in [0.717, 1.165) is 30.4 Å². The molecule has 2 aromatic carbocycles. The summed E-state index contributed by atoms with van der Waals surface area (Å²) in [5.41, 5.74) is 3.55. The number of amides is 2. The molecule has 35 heavy (non-hydrogen) atoms. The minimum atomic E-state index is -0.452. The van der Waals surface area contributed by atoms with E-state index < -0.39 is 5.92 Å². The Morgan fingerprint density at radius 1 is 0.943 bits per heavy atom. The average molecular weight is 472 g/mol. The topological polar surface area (TPSA) is 54.5 Å². The van der Waals surface area contributed by atoms with Crippen LogP contribution in [-0.2, 0) is 26.2 Å². The fourth-order valence-electron chi connectivity index (χ4n) is 5.77. The summed E-state index contributed by atoms with van der Waals surface area (Å²) >= 11 is 0. The monoisotopic (exact) mass is 471 g/mol. The standard InChI is InChI=1S/C31H37NO3/c1-30(2,3)26-13-9-10-14-27(26)32-28(34)18-25(29(32)35)24(16-15-21-11-7-6-8-12-21)22-17-23(33)20-31(4,5)19-22/h6-14,17,24-25H,15-16,18-20H2,1-5H3/t24-,25+/m0/s1. The van der Waals surface area contributed by atoms with Gasteiger partial charge in [-0.3, -0.25) is 14.4 Å². The Labute approximate surface area is 209 Å². The highest BCUT2D eigenvalue weighted by atomic mass is 16.2. The van der Waals surface area contributed by atoms with Crippen molar-refractivity contribution in [3.05, 3.63) is 77.4 Å². The molecular weight excluding hydrogens is 434 g/mol. The minimum absolute atomic E-state index is 0.118. The van der Waals surface area contributed by atoms with Crippen molar-refractivity contribution in [2.24, 2.45) is 17.3 Å². The molecule has 4 nitrogen and oxygen atoms in total. The Hall–Kier alpha value is -3.01. The molecule has 4 heteroatoms. The Kier molecular flexibility index (Phi) is 6.86. The van der Waals surface area contributed by atoms with Gasteiger partial charge >= 0.3 is 0 Å². The summed E-state index contributed by atoms with van der Waals surface area (Å²) in [6.45, 7) is 10.5. The molecule has 4 rings (SSSR count). The van der Waals surface area contributed by atoms with Crippen LogP contribution in [-0.4, -0.2) is 17.6 Å². The fraction of sp³-hybridized carbons (Fsp3) is 0.452. The predicted octanol–water partition coefficient (Wildman–Crippen LogP) is 6.43. The average Bonchev–Trinajstić information content (AvgIpc) is 3.06. The molecule has 2 aliphatic rings. The van der Waals surface area contributed by atoms with Crippen molar-refractivity contribution < 1.29 is 14.4 Å². The number of hydrogen-bond donors (Lipinski definition) is 0. The molecule has 0 unspecified atom stereocenters. The number of carbonyl (C=O) groups excluding carboxylic acids is 3. The highest BCUT2D eigenvalue weighted by Gasteiger charge is 2.46. The Morgan fingerprint density at radius 3 is 2.26 bits per heavy atom. The van der Waals surface area contributed by atoms with Gasteiger partial charge < -0.3 is 0 Å². The van der Waals surface area contributed by atoms with Gasteiger partial charge in [-0.15, -0.1) is 0 Å². The second-order valence-electron chi connectivity index (χ2n) is 12.0. The van der Waals surface area contributed by atoms with Crippen LogP contribution in [0.1, 0.15) is 71.4 Å². The molecule has 1 aliphatic heterocycles. The number of benzene rings is 2. The van der Waals surface area contributed by atoms with Crippen molar-refractivity contribution in [1.82, 2.24) is 0 Å². The van der Waals surface area contributed by atoms with E-state index in [1.54, 1.807) is 6.08 Å². The van der Waals surface area contributed by atoms with E-state index >= 15 is 0 Å². The zero-order valence-electron chi connectivity index (χ0n) is 21.6. The van der Waals surface area contributed by atoms with Crippen LogP contribution in [0.5, 0.6) is 0 Å². The molecule has 184 valence electrons. The second-order valence-corrected chi connectivity index (χ2v) is 12.0. The number of imide groups is 1. The number of ketones is 1. The van der Waals surface area contributed by atoms with Crippen LogP contribution in [0.4, 0.5) is 5.69 Å². The number of para-hydroxylation sites is 1. The lowest BCUT2D eigenvalue weighted by molar-refractivity contribution is -0.123. The van der Waals surface area contributed by atoms with Crippen molar-refractivity contribution >= 4 is 23.3 Å². The highest BCUT2D eigenvalue weighted by Crippen LogP contribution is 2.44. The van der Waals surface area contributed by atoms with Crippen molar-refractivity contribution in [2.45, 2.75) is 72.1 Å². The molecule has 1 aliphatic carbocycles. The number of hydrogen-bond acceptors (Lipinski definition) is 3. The van der Waals surface area contributed by atoms with Gasteiger partial charge in [-0.2, -0.15) is 0 Å². The van der Waals surface area contributed by atoms with Crippen LogP contribution >= 0.6 is 0 Å². The summed E-state index contributed by atoms with van der Waals surface area (Å²) in [5.74, 6) is -0.758. The third-order valence-electron chi connectivity index (χ3n) is 7.37. The molecule has 0 N–H and O–H groups in total. The molecule has 0 saturated carbocycles. The molecular formula is C31H37NO3. The lowest BCUT2D eigenvalue weighted by Gasteiger charge is -2.34. The molecule has 0 bridgehead atoms. The van der Waals surface area contributed by atoms with Gasteiger partial charge in [0.2, 0.25) is 11.8 Å². The molecule has 0 spiro atoms. The maximum absolute atomic E-state index is 13.9. The minimum Gasteiger partial charge on any atom is -0.295 e. The van der Waals surface area contributed by atoms with Crippen molar-refractivity contribution in [1.29, 1.82) is 0 Å². The van der Waals surface area contributed by atoms with Crippen LogP contribution in [0.3, 0.4) is 0 Å². The van der Waals surface area contributed by atoms with E-state index in [9.17, 15) is 14.4 Å². The first-order chi connectivity index (χ1) is 16.5. The molecule has 2 atom stereocenters. The first kappa shape index (κ1) is 25.1. The molecule has 2 amide bonds. The summed E-state index contributed by atoms with van der Waals surface area (Å²) in [6.07, 6.45) is 4.78. The maximum atomic E-state index is 13.9. The normalized spacial score (nSPS) is 21.3. The predicted molar refractivity (Wildman–Crippen MR) is 140 cm³/mol. The second kappa shape index (κ2) is 9.56. The first-order valence-electron chi connectivity index (χ1n) is 12.7. The lowest BCUT2D eigenvalue weighted by Crippen LogP contribution is -2.35. The van der Waals surface area contributed by atoms with Gasteiger partial charge in [0, 0.05) is 12.8 Å². The van der Waals surface area contributed by atoms with E-state index in [0.29, 0.717) is 12.1 Å². The van der Waals surface area contributed by atoms with Gasteiger partial charge in [0.15, 0.2) is 5.78 Å². The highest BCUT2D eigenvalue weighted by molar-refractivity contribution is 6.21. The van der Waals surface area contributed by atoms with Crippen molar-refractivity contribution in [2.75, 3.05) is 4.90 Å². The SMILES string of the molecule is CC1(C)CC(=O)C=C([C@H](CCc2ccccc2)[C@H]2CC(=O)N(c3ccccc3C(C)(C)C)C2=O)C1. The van der Waals surface area contributed by atoms with Crippen LogP contribution in [0.15, 0.2) is 66.2 Å². The van der Waals surface area contributed by atoms with Gasteiger partial charge in [0.25, 0.3) is 0 Å².